The molecule has 2 aromatic rings. The van der Waals surface area contributed by atoms with Crippen molar-refractivity contribution in [3.63, 3.8) is 0 Å². The monoisotopic (exact) mass is 432 g/mol. The van der Waals surface area contributed by atoms with E-state index in [1.54, 1.807) is 0 Å². The van der Waals surface area contributed by atoms with Crippen molar-refractivity contribution in [1.82, 2.24) is 5.32 Å². The van der Waals surface area contributed by atoms with Crippen LogP contribution in [0.4, 0.5) is 0 Å². The predicted molar refractivity (Wildman–Crippen MR) is 105 cm³/mol. The molecule has 0 aliphatic carbocycles. The van der Waals surface area contributed by atoms with Gasteiger partial charge in [-0.15, -0.1) is 11.8 Å². The lowest BCUT2D eigenvalue weighted by atomic mass is 9.87. The standard InChI is InChI=1S/C19H14BrClN2OS/c20-14-3-1-2-13(8-14)16-9-18(24)23-19(17(16)10-22)25-11-12-4-6-15(21)7-5-12/h1-8,16H,9,11H2,(H,23,24). The summed E-state index contributed by atoms with van der Waals surface area (Å²) >= 11 is 10.8. The molecule has 1 aliphatic rings. The maximum atomic E-state index is 12.2. The van der Waals surface area contributed by atoms with Crippen molar-refractivity contribution in [2.24, 2.45) is 0 Å². The summed E-state index contributed by atoms with van der Waals surface area (Å²) in [6, 6.07) is 17.6. The van der Waals surface area contributed by atoms with Crippen LogP contribution in [-0.4, -0.2) is 5.91 Å². The summed E-state index contributed by atoms with van der Waals surface area (Å²) < 4.78 is 0.934. The van der Waals surface area contributed by atoms with E-state index >= 15 is 0 Å². The van der Waals surface area contributed by atoms with Crippen molar-refractivity contribution in [2.75, 3.05) is 0 Å². The Kier molecular flexibility index (Phi) is 5.85. The fraction of sp³-hybridized carbons (Fsp3) is 0.158. The van der Waals surface area contributed by atoms with Gasteiger partial charge in [0, 0.05) is 27.6 Å². The first-order valence-electron chi connectivity index (χ1n) is 7.63. The highest BCUT2D eigenvalue weighted by Gasteiger charge is 2.29. The Bertz CT molecular complexity index is 874. The van der Waals surface area contributed by atoms with E-state index in [0.29, 0.717) is 21.4 Å². The van der Waals surface area contributed by atoms with Gasteiger partial charge >= 0.3 is 0 Å². The second-order valence-electron chi connectivity index (χ2n) is 5.63. The van der Waals surface area contributed by atoms with Crippen molar-refractivity contribution in [3.8, 4) is 6.07 Å². The SMILES string of the molecule is N#CC1=C(SCc2ccc(Cl)cc2)NC(=O)CC1c1cccc(Br)c1. The van der Waals surface area contributed by atoms with Crippen molar-refractivity contribution in [2.45, 2.75) is 18.1 Å². The summed E-state index contributed by atoms with van der Waals surface area (Å²) in [5.74, 6) is 0.370. The molecule has 0 bridgehead atoms. The van der Waals surface area contributed by atoms with Gasteiger partial charge < -0.3 is 5.32 Å². The summed E-state index contributed by atoms with van der Waals surface area (Å²) in [5, 5.41) is 13.9. The molecule has 1 unspecified atom stereocenters. The summed E-state index contributed by atoms with van der Waals surface area (Å²) in [4.78, 5) is 12.2. The Morgan fingerprint density at radius 1 is 1.28 bits per heavy atom. The van der Waals surface area contributed by atoms with Gasteiger partial charge in [-0.05, 0) is 35.4 Å². The summed E-state index contributed by atoms with van der Waals surface area (Å²) in [6.45, 7) is 0. The lowest BCUT2D eigenvalue weighted by Gasteiger charge is -2.25. The van der Waals surface area contributed by atoms with Crippen molar-refractivity contribution in [1.29, 1.82) is 5.26 Å². The zero-order chi connectivity index (χ0) is 17.8. The third kappa shape index (κ3) is 4.46. The molecule has 0 aromatic heterocycles. The molecular weight excluding hydrogens is 420 g/mol. The summed E-state index contributed by atoms with van der Waals surface area (Å²) in [7, 11) is 0. The van der Waals surface area contributed by atoms with Gasteiger partial charge in [-0.3, -0.25) is 4.79 Å². The minimum Gasteiger partial charge on any atom is -0.320 e. The van der Waals surface area contributed by atoms with Crippen LogP contribution in [0.1, 0.15) is 23.5 Å². The number of thioether (sulfide) groups is 1. The number of nitrogens with zero attached hydrogens (tertiary/aromatic N) is 1. The van der Waals surface area contributed by atoms with Crippen LogP contribution in [0.15, 0.2) is 63.6 Å². The molecule has 2 aromatic carbocycles. The number of nitrogens with one attached hydrogen (secondary N) is 1. The molecule has 1 atom stereocenters. The number of carbonyl (C=O) groups is 1. The Morgan fingerprint density at radius 3 is 2.72 bits per heavy atom. The number of hydrogen-bond acceptors (Lipinski definition) is 3. The normalized spacial score (nSPS) is 17.2. The molecule has 0 saturated heterocycles. The minimum atomic E-state index is -0.219. The molecule has 1 N–H and O–H groups in total. The predicted octanol–water partition coefficient (Wildman–Crippen LogP) is 5.37. The topological polar surface area (TPSA) is 52.9 Å². The van der Waals surface area contributed by atoms with Gasteiger partial charge in [-0.1, -0.05) is 51.8 Å². The highest BCUT2D eigenvalue weighted by atomic mass is 79.9. The second-order valence-corrected chi connectivity index (χ2v) is 7.97. The van der Waals surface area contributed by atoms with Gasteiger partial charge in [0.15, 0.2) is 0 Å². The van der Waals surface area contributed by atoms with Crippen molar-refractivity contribution >= 4 is 45.2 Å². The zero-order valence-corrected chi connectivity index (χ0v) is 16.3. The molecule has 0 spiro atoms. The third-order valence-electron chi connectivity index (χ3n) is 3.90. The Morgan fingerprint density at radius 2 is 2.04 bits per heavy atom. The number of nitriles is 1. The molecule has 1 aliphatic heterocycles. The number of hydrogen-bond donors (Lipinski definition) is 1. The number of benzene rings is 2. The number of carbonyl (C=O) groups excluding carboxylic acids is 1. The van der Waals surface area contributed by atoms with Gasteiger partial charge in [0.25, 0.3) is 0 Å². The second kappa shape index (κ2) is 8.09. The number of halogens is 2. The summed E-state index contributed by atoms with van der Waals surface area (Å²) in [5.41, 5.74) is 2.65. The van der Waals surface area contributed by atoms with Crippen LogP contribution in [0, 0.1) is 11.3 Å². The van der Waals surface area contributed by atoms with E-state index in [-0.39, 0.29) is 18.2 Å². The first kappa shape index (κ1) is 18.1. The quantitative estimate of drug-likeness (QED) is 0.705. The van der Waals surface area contributed by atoms with E-state index in [1.807, 2.05) is 48.5 Å². The Labute approximate surface area is 164 Å². The molecule has 0 fully saturated rings. The van der Waals surface area contributed by atoms with Crippen LogP contribution < -0.4 is 5.32 Å². The van der Waals surface area contributed by atoms with E-state index in [4.69, 9.17) is 11.6 Å². The molecule has 3 nitrogen and oxygen atoms in total. The molecule has 6 heteroatoms. The zero-order valence-electron chi connectivity index (χ0n) is 13.1. The van der Waals surface area contributed by atoms with Gasteiger partial charge in [0.05, 0.1) is 16.7 Å². The lowest BCUT2D eigenvalue weighted by Crippen LogP contribution is -2.30. The first-order valence-corrected chi connectivity index (χ1v) is 9.79. The Hall–Kier alpha value is -1.74. The number of rotatable bonds is 4. The summed E-state index contributed by atoms with van der Waals surface area (Å²) in [6.07, 6.45) is 0.282. The highest BCUT2D eigenvalue weighted by molar-refractivity contribution is 9.10. The Balaban J connectivity index is 1.87. The van der Waals surface area contributed by atoms with E-state index < -0.39 is 0 Å². The van der Waals surface area contributed by atoms with Gasteiger partial charge in [0.2, 0.25) is 5.91 Å². The maximum absolute atomic E-state index is 12.2. The van der Waals surface area contributed by atoms with E-state index in [9.17, 15) is 10.1 Å². The van der Waals surface area contributed by atoms with Crippen LogP contribution in [0.25, 0.3) is 0 Å². The highest BCUT2D eigenvalue weighted by Crippen LogP contribution is 2.37. The molecule has 126 valence electrons. The number of amides is 1. The average molecular weight is 434 g/mol. The lowest BCUT2D eigenvalue weighted by molar-refractivity contribution is -0.120. The molecule has 25 heavy (non-hydrogen) atoms. The molecule has 0 saturated carbocycles. The largest absolute Gasteiger partial charge is 0.320 e. The molecule has 1 heterocycles. The van der Waals surface area contributed by atoms with E-state index in [2.05, 4.69) is 27.3 Å². The molecule has 1 amide bonds. The number of allylic oxidation sites excluding steroid dienone is 1. The van der Waals surface area contributed by atoms with E-state index in [0.717, 1.165) is 15.6 Å². The van der Waals surface area contributed by atoms with Gasteiger partial charge in [-0.2, -0.15) is 5.26 Å². The molecule has 0 radical (unpaired) electrons. The fourth-order valence-corrected chi connectivity index (χ4v) is 4.25. The molecular formula is C19H14BrClN2OS. The minimum absolute atomic E-state index is 0.0671. The van der Waals surface area contributed by atoms with Crippen molar-refractivity contribution < 1.29 is 4.79 Å². The fourth-order valence-electron chi connectivity index (χ4n) is 2.68. The van der Waals surface area contributed by atoms with Gasteiger partial charge in [-0.25, -0.2) is 0 Å². The smallest absolute Gasteiger partial charge is 0.225 e. The first-order chi connectivity index (χ1) is 12.1. The van der Waals surface area contributed by atoms with E-state index in [1.165, 1.54) is 11.8 Å². The van der Waals surface area contributed by atoms with Crippen LogP contribution in [0.5, 0.6) is 0 Å². The van der Waals surface area contributed by atoms with Crippen LogP contribution in [0.3, 0.4) is 0 Å². The van der Waals surface area contributed by atoms with Crippen LogP contribution in [0.2, 0.25) is 5.02 Å². The van der Waals surface area contributed by atoms with Crippen molar-refractivity contribution in [3.05, 3.63) is 79.8 Å². The maximum Gasteiger partial charge on any atom is 0.225 e. The molecule has 3 rings (SSSR count). The third-order valence-corrected chi connectivity index (χ3v) is 5.74. The average Bonchev–Trinajstić information content (AvgIpc) is 2.60. The van der Waals surface area contributed by atoms with Crippen LogP contribution >= 0.6 is 39.3 Å². The van der Waals surface area contributed by atoms with Crippen LogP contribution in [-0.2, 0) is 10.5 Å². The van der Waals surface area contributed by atoms with Gasteiger partial charge in [0.1, 0.15) is 0 Å².